The molecule has 0 heterocycles. The Morgan fingerprint density at radius 3 is 1.35 bits per heavy atom. The zero-order valence-corrected chi connectivity index (χ0v) is 12.6. The Bertz CT molecular complexity index is 371. The lowest BCUT2D eigenvalue weighted by molar-refractivity contribution is -0.910. The first-order valence-corrected chi connectivity index (χ1v) is 6.83. The van der Waals surface area contributed by atoms with Gasteiger partial charge in [0.15, 0.2) is 0 Å². The molecule has 0 atom stereocenters. The van der Waals surface area contributed by atoms with Gasteiger partial charge in [0.2, 0.25) is 0 Å². The average molecular weight is 234 g/mol. The van der Waals surface area contributed by atoms with Gasteiger partial charge in [0.1, 0.15) is 6.54 Å². The Labute approximate surface area is 107 Å². The second-order valence-electron chi connectivity index (χ2n) is 5.24. The van der Waals surface area contributed by atoms with Crippen LogP contribution in [0.2, 0.25) is 0 Å². The quantitative estimate of drug-likeness (QED) is 0.817. The summed E-state index contributed by atoms with van der Waals surface area (Å²) in [4.78, 5) is 1.67. The Balaban J connectivity index is 3.24. The molecule has 0 radical (unpaired) electrons. The zero-order chi connectivity index (χ0) is 13.2. The van der Waals surface area contributed by atoms with Crippen molar-refractivity contribution in [3.05, 3.63) is 33.4 Å². The summed E-state index contributed by atoms with van der Waals surface area (Å²) < 4.78 is 0. The summed E-state index contributed by atoms with van der Waals surface area (Å²) in [5.41, 5.74) is 9.02. The highest BCUT2D eigenvalue weighted by molar-refractivity contribution is 5.49. The van der Waals surface area contributed by atoms with Gasteiger partial charge in [-0.2, -0.15) is 0 Å². The van der Waals surface area contributed by atoms with Crippen LogP contribution < -0.4 is 4.90 Å². The topological polar surface area (TPSA) is 4.44 Å². The van der Waals surface area contributed by atoms with E-state index in [0.29, 0.717) is 0 Å². The second-order valence-corrected chi connectivity index (χ2v) is 5.24. The van der Waals surface area contributed by atoms with E-state index in [9.17, 15) is 0 Å². The van der Waals surface area contributed by atoms with Crippen molar-refractivity contribution in [1.82, 2.24) is 0 Å². The highest BCUT2D eigenvalue weighted by Crippen LogP contribution is 2.25. The SMILES string of the molecule is CC[NH+](CC)Cc1c(C)c(C)c(C)c(C)c1C. The predicted molar refractivity (Wildman–Crippen MR) is 75.9 cm³/mol. The number of rotatable bonds is 4. The van der Waals surface area contributed by atoms with Crippen LogP contribution >= 0.6 is 0 Å². The predicted octanol–water partition coefficient (Wildman–Crippen LogP) is 2.65. The van der Waals surface area contributed by atoms with Crippen LogP contribution in [0.4, 0.5) is 0 Å². The maximum absolute atomic E-state index is 2.28. The van der Waals surface area contributed by atoms with Gasteiger partial charge in [-0.15, -0.1) is 0 Å². The molecule has 0 aliphatic heterocycles. The van der Waals surface area contributed by atoms with Crippen LogP contribution in [0.25, 0.3) is 0 Å². The van der Waals surface area contributed by atoms with E-state index in [-0.39, 0.29) is 0 Å². The van der Waals surface area contributed by atoms with Gasteiger partial charge in [-0.25, -0.2) is 0 Å². The Morgan fingerprint density at radius 2 is 1.00 bits per heavy atom. The molecule has 0 aromatic heterocycles. The molecule has 1 nitrogen and oxygen atoms in total. The van der Waals surface area contributed by atoms with Gasteiger partial charge in [-0.05, 0) is 76.3 Å². The molecule has 96 valence electrons. The second kappa shape index (κ2) is 5.68. The van der Waals surface area contributed by atoms with E-state index >= 15 is 0 Å². The molecule has 1 N–H and O–H groups in total. The molecule has 0 saturated heterocycles. The maximum atomic E-state index is 2.28. The third-order valence-corrected chi connectivity index (χ3v) is 4.58. The highest BCUT2D eigenvalue weighted by atomic mass is 15.1. The molecule has 0 spiro atoms. The van der Waals surface area contributed by atoms with E-state index in [1.807, 2.05) is 0 Å². The minimum atomic E-state index is 1.17. The summed E-state index contributed by atoms with van der Waals surface area (Å²) in [7, 11) is 0. The fourth-order valence-corrected chi connectivity index (χ4v) is 2.59. The molecule has 0 fully saturated rings. The van der Waals surface area contributed by atoms with Gasteiger partial charge in [-0.3, -0.25) is 0 Å². The lowest BCUT2D eigenvalue weighted by Gasteiger charge is -2.22. The van der Waals surface area contributed by atoms with Crippen LogP contribution in [0.3, 0.4) is 0 Å². The first-order chi connectivity index (χ1) is 7.93. The maximum Gasteiger partial charge on any atom is 0.103 e. The Morgan fingerprint density at radius 1 is 0.647 bits per heavy atom. The number of hydrogen-bond acceptors (Lipinski definition) is 0. The third kappa shape index (κ3) is 2.71. The van der Waals surface area contributed by atoms with Gasteiger partial charge in [0.25, 0.3) is 0 Å². The summed E-state index contributed by atoms with van der Waals surface area (Å²) >= 11 is 0. The molecule has 1 rings (SSSR count). The molecule has 0 unspecified atom stereocenters. The van der Waals surface area contributed by atoms with Gasteiger partial charge in [0, 0.05) is 5.56 Å². The van der Waals surface area contributed by atoms with Gasteiger partial charge < -0.3 is 4.90 Å². The number of hydrogen-bond donors (Lipinski definition) is 1. The van der Waals surface area contributed by atoms with Crippen molar-refractivity contribution in [1.29, 1.82) is 0 Å². The van der Waals surface area contributed by atoms with Gasteiger partial charge in [-0.1, -0.05) is 0 Å². The zero-order valence-electron chi connectivity index (χ0n) is 12.6. The van der Waals surface area contributed by atoms with Crippen molar-refractivity contribution in [2.45, 2.75) is 55.0 Å². The monoisotopic (exact) mass is 234 g/mol. The number of quaternary nitrogens is 1. The molecule has 1 heteroatoms. The summed E-state index contributed by atoms with van der Waals surface area (Å²) in [5.74, 6) is 0. The molecule has 0 aliphatic rings. The van der Waals surface area contributed by atoms with Crippen molar-refractivity contribution in [3.8, 4) is 0 Å². The molecule has 0 bridgehead atoms. The van der Waals surface area contributed by atoms with Crippen molar-refractivity contribution in [3.63, 3.8) is 0 Å². The van der Waals surface area contributed by atoms with Gasteiger partial charge in [0.05, 0.1) is 13.1 Å². The van der Waals surface area contributed by atoms with E-state index in [2.05, 4.69) is 48.5 Å². The summed E-state index contributed by atoms with van der Waals surface area (Å²) in [5, 5.41) is 0. The van der Waals surface area contributed by atoms with Crippen molar-refractivity contribution >= 4 is 0 Å². The first kappa shape index (κ1) is 14.2. The van der Waals surface area contributed by atoms with Crippen molar-refractivity contribution in [2.75, 3.05) is 13.1 Å². The van der Waals surface area contributed by atoms with E-state index in [0.717, 1.165) is 0 Å². The minimum absolute atomic E-state index is 1.17. The van der Waals surface area contributed by atoms with Crippen LogP contribution in [0, 0.1) is 34.6 Å². The molecule has 1 aromatic carbocycles. The first-order valence-electron chi connectivity index (χ1n) is 6.83. The van der Waals surface area contributed by atoms with E-state index in [4.69, 9.17) is 0 Å². The third-order valence-electron chi connectivity index (χ3n) is 4.58. The molecular weight excluding hydrogens is 206 g/mol. The summed E-state index contributed by atoms with van der Waals surface area (Å²) in [6, 6.07) is 0. The molecule has 1 aromatic rings. The standard InChI is InChI=1S/C16H27N/c1-8-17(9-2)10-16-14(6)12(4)11(3)13(5)15(16)7/h8-10H2,1-7H3/p+1. The summed E-state index contributed by atoms with van der Waals surface area (Å²) in [6.07, 6.45) is 0. The van der Waals surface area contributed by atoms with Crippen LogP contribution in [0.5, 0.6) is 0 Å². The Hall–Kier alpha value is -0.820. The van der Waals surface area contributed by atoms with Crippen molar-refractivity contribution < 1.29 is 4.90 Å². The molecule has 0 saturated carbocycles. The highest BCUT2D eigenvalue weighted by Gasteiger charge is 2.15. The molecule has 17 heavy (non-hydrogen) atoms. The largest absolute Gasteiger partial charge is 0.332 e. The van der Waals surface area contributed by atoms with Crippen LogP contribution in [-0.4, -0.2) is 13.1 Å². The summed E-state index contributed by atoms with van der Waals surface area (Å²) in [6.45, 7) is 19.5. The van der Waals surface area contributed by atoms with E-state index in [1.54, 1.807) is 10.5 Å². The lowest BCUT2D eigenvalue weighted by Crippen LogP contribution is -3.10. The lowest BCUT2D eigenvalue weighted by atomic mass is 9.89. The smallest absolute Gasteiger partial charge is 0.103 e. The fourth-order valence-electron chi connectivity index (χ4n) is 2.59. The normalized spacial score (nSPS) is 11.3. The molecular formula is C16H28N+. The molecule has 0 aliphatic carbocycles. The fraction of sp³-hybridized carbons (Fsp3) is 0.625. The number of nitrogens with one attached hydrogen (secondary N) is 1. The van der Waals surface area contributed by atoms with Gasteiger partial charge >= 0.3 is 0 Å². The van der Waals surface area contributed by atoms with Crippen LogP contribution in [0.1, 0.15) is 47.2 Å². The minimum Gasteiger partial charge on any atom is -0.332 e. The van der Waals surface area contributed by atoms with Crippen LogP contribution in [0.15, 0.2) is 0 Å². The average Bonchev–Trinajstić information content (AvgIpc) is 2.34. The van der Waals surface area contributed by atoms with Crippen molar-refractivity contribution in [2.24, 2.45) is 0 Å². The number of benzene rings is 1. The Kier molecular flexibility index (Phi) is 4.76. The van der Waals surface area contributed by atoms with E-state index < -0.39 is 0 Å². The van der Waals surface area contributed by atoms with Crippen LogP contribution in [-0.2, 0) is 6.54 Å². The van der Waals surface area contributed by atoms with E-state index in [1.165, 1.54) is 47.5 Å². The molecule has 0 amide bonds.